The monoisotopic (exact) mass is 434 g/mol. The van der Waals surface area contributed by atoms with Crippen molar-refractivity contribution in [3.05, 3.63) is 58.9 Å². The molecule has 2 heterocycles. The molecule has 1 aromatic heterocycles. The fraction of sp³-hybridized carbons (Fsp3) is 0.593. The summed E-state index contributed by atoms with van der Waals surface area (Å²) in [6.07, 6.45) is 6.34. The van der Waals surface area contributed by atoms with Gasteiger partial charge in [0.15, 0.2) is 0 Å². The highest BCUT2D eigenvalue weighted by molar-refractivity contribution is 6.89. The Hall–Kier alpha value is -1.49. The molecule has 3 aliphatic rings. The topological polar surface area (TPSA) is 36.4 Å². The molecule has 2 aromatic rings. The Bertz CT molecular complexity index is 954. The first-order valence-corrected chi connectivity index (χ1v) is 15.8. The number of fused-ring (bicyclic) bond motifs is 1. The van der Waals surface area contributed by atoms with Crippen LogP contribution < -0.4 is 5.19 Å². The summed E-state index contributed by atoms with van der Waals surface area (Å²) >= 11 is 0. The third-order valence-corrected chi connectivity index (χ3v) is 10.4. The molecule has 1 N–H and O–H groups in total. The van der Waals surface area contributed by atoms with Crippen LogP contribution in [0.15, 0.2) is 36.4 Å². The van der Waals surface area contributed by atoms with E-state index in [1.54, 1.807) is 0 Å². The first kappa shape index (κ1) is 21.4. The van der Waals surface area contributed by atoms with Crippen molar-refractivity contribution < 1.29 is 5.11 Å². The van der Waals surface area contributed by atoms with Crippen LogP contribution in [-0.4, -0.2) is 29.6 Å². The van der Waals surface area contributed by atoms with Crippen molar-refractivity contribution in [1.29, 1.82) is 0 Å². The van der Waals surface area contributed by atoms with Crippen molar-refractivity contribution in [2.75, 3.05) is 6.54 Å². The van der Waals surface area contributed by atoms with Crippen LogP contribution in [0.25, 0.3) is 0 Å². The SMILES string of the molecule is C[C@@H]1C[C@H]2Cc3nc(CO)c([Si](C)(C)C)cc3[C@@]3(C1)[C@@H]2CCCN3Cc1ccccc1. The molecule has 2 fully saturated rings. The molecule has 0 spiro atoms. The molecule has 1 saturated carbocycles. The fourth-order valence-corrected chi connectivity index (χ4v) is 8.83. The van der Waals surface area contributed by atoms with Crippen molar-refractivity contribution in [1.82, 2.24) is 9.88 Å². The lowest BCUT2D eigenvalue weighted by atomic mass is 9.53. The van der Waals surface area contributed by atoms with Gasteiger partial charge in [-0.3, -0.25) is 9.88 Å². The van der Waals surface area contributed by atoms with Crippen molar-refractivity contribution >= 4 is 13.3 Å². The summed E-state index contributed by atoms with van der Waals surface area (Å²) in [5.41, 5.74) is 5.29. The smallest absolute Gasteiger partial charge is 0.0851 e. The molecule has 166 valence electrons. The number of aliphatic hydroxyl groups excluding tert-OH is 1. The van der Waals surface area contributed by atoms with Crippen molar-refractivity contribution in [2.24, 2.45) is 17.8 Å². The van der Waals surface area contributed by atoms with E-state index < -0.39 is 8.07 Å². The molecular weight excluding hydrogens is 396 g/mol. The molecule has 4 atom stereocenters. The van der Waals surface area contributed by atoms with Crippen molar-refractivity contribution in [3.8, 4) is 0 Å². The van der Waals surface area contributed by atoms with Gasteiger partial charge in [0.1, 0.15) is 0 Å². The van der Waals surface area contributed by atoms with E-state index in [1.807, 2.05) is 0 Å². The zero-order chi connectivity index (χ0) is 21.8. The van der Waals surface area contributed by atoms with Gasteiger partial charge in [0.05, 0.1) is 25.9 Å². The number of nitrogens with zero attached hydrogens (tertiary/aromatic N) is 2. The number of rotatable bonds is 4. The van der Waals surface area contributed by atoms with E-state index in [2.05, 4.69) is 67.9 Å². The largest absolute Gasteiger partial charge is 0.390 e. The summed E-state index contributed by atoms with van der Waals surface area (Å²) in [6, 6.07) is 13.6. The summed E-state index contributed by atoms with van der Waals surface area (Å²) in [4.78, 5) is 8.03. The maximum Gasteiger partial charge on any atom is 0.0851 e. The molecule has 0 unspecified atom stereocenters. The van der Waals surface area contributed by atoms with Crippen LogP contribution >= 0.6 is 0 Å². The van der Waals surface area contributed by atoms with Crippen LogP contribution in [0, 0.1) is 17.8 Å². The molecule has 3 nitrogen and oxygen atoms in total. The highest BCUT2D eigenvalue weighted by atomic mass is 28.3. The average molecular weight is 435 g/mol. The predicted molar refractivity (Wildman–Crippen MR) is 130 cm³/mol. The third-order valence-electron chi connectivity index (χ3n) is 8.33. The Morgan fingerprint density at radius 3 is 2.68 bits per heavy atom. The summed E-state index contributed by atoms with van der Waals surface area (Å²) in [5.74, 6) is 2.22. The lowest BCUT2D eigenvalue weighted by Gasteiger charge is -2.62. The van der Waals surface area contributed by atoms with Crippen LogP contribution in [-0.2, 0) is 25.1 Å². The van der Waals surface area contributed by atoms with Crippen LogP contribution in [0.5, 0.6) is 0 Å². The van der Waals surface area contributed by atoms with E-state index in [9.17, 15) is 5.11 Å². The van der Waals surface area contributed by atoms with E-state index in [1.165, 1.54) is 54.2 Å². The Kier molecular flexibility index (Phi) is 5.39. The van der Waals surface area contributed by atoms with Gasteiger partial charge >= 0.3 is 0 Å². The molecule has 0 amide bonds. The quantitative estimate of drug-likeness (QED) is 0.700. The van der Waals surface area contributed by atoms with Gasteiger partial charge in [-0.1, -0.05) is 63.0 Å². The number of hydrogen-bond acceptors (Lipinski definition) is 3. The fourth-order valence-electron chi connectivity index (χ4n) is 7.25. The minimum absolute atomic E-state index is 0.0676. The maximum absolute atomic E-state index is 10.2. The lowest BCUT2D eigenvalue weighted by Crippen LogP contribution is -2.62. The normalized spacial score (nSPS) is 30.5. The number of piperidine rings is 1. The zero-order valence-electron chi connectivity index (χ0n) is 19.7. The van der Waals surface area contributed by atoms with E-state index in [0.29, 0.717) is 0 Å². The summed E-state index contributed by atoms with van der Waals surface area (Å²) in [5, 5.41) is 11.5. The maximum atomic E-state index is 10.2. The van der Waals surface area contributed by atoms with Gasteiger partial charge < -0.3 is 5.11 Å². The number of aliphatic hydroxyl groups is 1. The molecule has 1 saturated heterocycles. The summed E-state index contributed by atoms with van der Waals surface area (Å²) in [6.45, 7) is 11.9. The second kappa shape index (κ2) is 7.82. The first-order valence-electron chi connectivity index (χ1n) is 12.3. The Morgan fingerprint density at radius 1 is 1.19 bits per heavy atom. The molecule has 4 heteroatoms. The highest BCUT2D eigenvalue weighted by Gasteiger charge is 2.57. The second-order valence-electron chi connectivity index (χ2n) is 11.5. The highest BCUT2D eigenvalue weighted by Crippen LogP contribution is 2.59. The molecule has 31 heavy (non-hydrogen) atoms. The van der Waals surface area contributed by atoms with E-state index in [0.717, 1.165) is 36.4 Å². The van der Waals surface area contributed by atoms with Gasteiger partial charge in [0.25, 0.3) is 0 Å². The molecular formula is C27H38N2OSi. The summed E-state index contributed by atoms with van der Waals surface area (Å²) in [7, 11) is -1.61. The van der Waals surface area contributed by atoms with E-state index in [4.69, 9.17) is 4.98 Å². The van der Waals surface area contributed by atoms with Gasteiger partial charge in [-0.25, -0.2) is 0 Å². The second-order valence-corrected chi connectivity index (χ2v) is 16.5. The van der Waals surface area contributed by atoms with Crippen molar-refractivity contribution in [2.45, 2.75) is 77.4 Å². The Morgan fingerprint density at radius 2 is 1.97 bits per heavy atom. The van der Waals surface area contributed by atoms with Gasteiger partial charge in [0.2, 0.25) is 0 Å². The first-order chi connectivity index (χ1) is 14.8. The molecule has 1 aromatic carbocycles. The van der Waals surface area contributed by atoms with Crippen molar-refractivity contribution in [3.63, 3.8) is 0 Å². The van der Waals surface area contributed by atoms with Crippen LogP contribution in [0.1, 0.15) is 55.1 Å². The predicted octanol–water partition coefficient (Wildman–Crippen LogP) is 4.83. The number of likely N-dealkylation sites (tertiary alicyclic amines) is 1. The number of aromatic nitrogens is 1. The van der Waals surface area contributed by atoms with Gasteiger partial charge in [-0.05, 0) is 72.7 Å². The number of benzene rings is 1. The minimum atomic E-state index is -1.61. The van der Waals surface area contributed by atoms with Crippen LogP contribution in [0.4, 0.5) is 0 Å². The minimum Gasteiger partial charge on any atom is -0.390 e. The van der Waals surface area contributed by atoms with Gasteiger partial charge in [0, 0.05) is 12.2 Å². The Labute approximate surface area is 188 Å². The molecule has 1 aliphatic heterocycles. The van der Waals surface area contributed by atoms with Gasteiger partial charge in [-0.2, -0.15) is 0 Å². The molecule has 2 bridgehead atoms. The van der Waals surface area contributed by atoms with Gasteiger partial charge in [-0.15, -0.1) is 0 Å². The van der Waals surface area contributed by atoms with Crippen LogP contribution in [0.3, 0.4) is 0 Å². The summed E-state index contributed by atoms with van der Waals surface area (Å²) < 4.78 is 0. The zero-order valence-corrected chi connectivity index (χ0v) is 20.7. The molecule has 2 aliphatic carbocycles. The number of hydrogen-bond donors (Lipinski definition) is 1. The molecule has 5 rings (SSSR count). The average Bonchev–Trinajstić information content (AvgIpc) is 2.73. The van der Waals surface area contributed by atoms with E-state index >= 15 is 0 Å². The number of pyridine rings is 1. The van der Waals surface area contributed by atoms with E-state index in [-0.39, 0.29) is 12.1 Å². The van der Waals surface area contributed by atoms with Crippen LogP contribution in [0.2, 0.25) is 19.6 Å². The lowest BCUT2D eigenvalue weighted by molar-refractivity contribution is -0.0968. The Balaban J connectivity index is 1.69. The standard InChI is InChI=1S/C27H38N2OSi/c1-19-13-21-14-24-23(15-26(31(2,3)4)25(18-30)28-24)27(16-19)22(21)11-8-12-29(27)17-20-9-6-5-7-10-20/h5-7,9-10,15,19,21-22,30H,8,11-14,16-18H2,1-4H3/t19-,21+,22-,27-/m1/s1. The molecule has 0 radical (unpaired) electrons. The third kappa shape index (κ3) is 3.51.